The predicted octanol–water partition coefficient (Wildman–Crippen LogP) is 3.67. The van der Waals surface area contributed by atoms with E-state index in [1.807, 2.05) is 0 Å². The van der Waals surface area contributed by atoms with Gasteiger partial charge in [0.25, 0.3) is 0 Å². The molecule has 0 aliphatic heterocycles. The molecule has 2 N–H and O–H groups in total. The number of fused-ring (bicyclic) bond motifs is 2. The van der Waals surface area contributed by atoms with Gasteiger partial charge in [-0.1, -0.05) is 24.3 Å². The fraction of sp³-hybridized carbons (Fsp3) is 0.188. The summed E-state index contributed by atoms with van der Waals surface area (Å²) >= 11 is 0. The van der Waals surface area contributed by atoms with Crippen LogP contribution in [0.3, 0.4) is 0 Å². The second kappa shape index (κ2) is 11.8. The highest BCUT2D eigenvalue weighted by molar-refractivity contribution is 6.24. The molecule has 12 nitrogen and oxygen atoms in total. The number of ether oxygens (including phenoxy) is 2. The number of aliphatic hydroxyl groups is 2. The molecule has 0 saturated heterocycles. The Labute approximate surface area is 247 Å². The van der Waals surface area contributed by atoms with Crippen LogP contribution in [0.1, 0.15) is 35.8 Å². The number of aliphatic hydroxyl groups excluding tert-OH is 2. The molecule has 2 atom stereocenters. The number of esters is 2. The molecule has 0 amide bonds. The van der Waals surface area contributed by atoms with Crippen molar-refractivity contribution in [1.82, 2.24) is 0 Å². The van der Waals surface area contributed by atoms with E-state index in [1.165, 1.54) is 24.3 Å². The molecule has 0 spiro atoms. The second-order valence-corrected chi connectivity index (χ2v) is 9.88. The summed E-state index contributed by atoms with van der Waals surface area (Å²) in [6.07, 6.45) is 0.598. The van der Waals surface area contributed by atoms with Gasteiger partial charge >= 0.3 is 11.9 Å². The van der Waals surface area contributed by atoms with E-state index in [1.54, 1.807) is 24.3 Å². The summed E-state index contributed by atoms with van der Waals surface area (Å²) in [5, 5.41) is 22.6. The summed E-state index contributed by atoms with van der Waals surface area (Å²) in [6, 6.07) is 12.3. The first-order valence-corrected chi connectivity index (χ1v) is 13.2. The van der Waals surface area contributed by atoms with Crippen molar-refractivity contribution in [3.05, 3.63) is 115 Å². The number of methoxy groups -OCH3 is 2. The smallest absolute Gasteiger partial charge is 0.306 e. The number of carbonyl (C=O) groups excluding carboxylic acids is 4. The Kier molecular flexibility index (Phi) is 7.99. The zero-order valence-electron chi connectivity index (χ0n) is 23.3. The van der Waals surface area contributed by atoms with Gasteiger partial charge in [-0.2, -0.15) is 0 Å². The van der Waals surface area contributed by atoms with E-state index in [0.29, 0.717) is 0 Å². The van der Waals surface area contributed by atoms with Crippen LogP contribution in [0.2, 0.25) is 0 Å². The largest absolute Gasteiger partial charge is 0.504 e. The van der Waals surface area contributed by atoms with Crippen molar-refractivity contribution in [1.29, 1.82) is 0 Å². The third-order valence-electron chi connectivity index (χ3n) is 7.49. The maximum absolute atomic E-state index is 13.8. The number of hydrogen-bond donors (Lipinski definition) is 2. The van der Waals surface area contributed by atoms with E-state index in [9.17, 15) is 39.0 Å². The average Bonchev–Trinajstić information content (AvgIpc) is 3.03. The number of Topliss-reactive ketones (excluding diaryl/α,β-unsaturated/α-hetero) is 2. The minimum atomic E-state index is -1.59. The van der Waals surface area contributed by atoms with Crippen LogP contribution in [0.4, 0.5) is 0 Å². The standard InChI is InChI=1S/C32H24O12/c1-41-23(33)11-17(19-13-43-21-9-5-3-7-15(21)27(19)35)25-29(37)31(39)26(32(40)30(25)38)18(12-24(34)42-2)20-14-44-22-10-6-4-8-16(22)28(20)36/h3-10,13-14,17-18,37,40H,11-12H2,1-2H3/t17-,18+. The Bertz CT molecular complexity index is 1890. The van der Waals surface area contributed by atoms with Crippen LogP contribution in [-0.2, 0) is 28.7 Å². The van der Waals surface area contributed by atoms with Gasteiger partial charge in [-0.15, -0.1) is 0 Å². The summed E-state index contributed by atoms with van der Waals surface area (Å²) in [5.41, 5.74) is -3.00. The molecule has 0 saturated carbocycles. The van der Waals surface area contributed by atoms with Crippen LogP contribution in [0, 0.1) is 0 Å². The van der Waals surface area contributed by atoms with Gasteiger partial charge in [0.2, 0.25) is 11.6 Å². The summed E-state index contributed by atoms with van der Waals surface area (Å²) in [6.45, 7) is 0. The molecule has 0 unspecified atom stereocenters. The number of carbonyl (C=O) groups is 4. The zero-order chi connectivity index (χ0) is 31.7. The number of hydrogen-bond acceptors (Lipinski definition) is 12. The van der Waals surface area contributed by atoms with Gasteiger partial charge in [-0.05, 0) is 24.3 Å². The molecule has 2 aromatic carbocycles. The summed E-state index contributed by atoms with van der Waals surface area (Å²) < 4.78 is 20.5. The van der Waals surface area contributed by atoms with Gasteiger partial charge in [0.1, 0.15) is 11.2 Å². The van der Waals surface area contributed by atoms with Gasteiger partial charge in [0.05, 0.1) is 61.5 Å². The normalized spacial score (nSPS) is 15.0. The zero-order valence-corrected chi connectivity index (χ0v) is 23.3. The maximum atomic E-state index is 13.8. The highest BCUT2D eigenvalue weighted by Crippen LogP contribution is 2.40. The molecule has 44 heavy (non-hydrogen) atoms. The highest BCUT2D eigenvalue weighted by atomic mass is 16.5. The van der Waals surface area contributed by atoms with Crippen molar-refractivity contribution < 1.29 is 47.7 Å². The maximum Gasteiger partial charge on any atom is 0.306 e. The van der Waals surface area contributed by atoms with Crippen molar-refractivity contribution in [3.8, 4) is 0 Å². The van der Waals surface area contributed by atoms with Gasteiger partial charge in [-0.25, -0.2) is 0 Å². The molecule has 0 radical (unpaired) electrons. The lowest BCUT2D eigenvalue weighted by Gasteiger charge is -2.26. The van der Waals surface area contributed by atoms with Gasteiger partial charge in [-0.3, -0.25) is 28.8 Å². The first-order valence-electron chi connectivity index (χ1n) is 13.2. The molecule has 5 rings (SSSR count). The molecule has 12 heteroatoms. The first-order chi connectivity index (χ1) is 21.1. The third kappa shape index (κ3) is 5.06. The van der Waals surface area contributed by atoms with Crippen molar-refractivity contribution in [2.45, 2.75) is 24.7 Å². The molecular weight excluding hydrogens is 576 g/mol. The summed E-state index contributed by atoms with van der Waals surface area (Å²) in [4.78, 5) is 79.2. The molecule has 4 aromatic rings. The van der Waals surface area contributed by atoms with Gasteiger partial charge in [0, 0.05) is 23.0 Å². The molecule has 1 aliphatic carbocycles. The van der Waals surface area contributed by atoms with Crippen molar-refractivity contribution in [2.75, 3.05) is 14.2 Å². The Morgan fingerprint density at radius 2 is 1.02 bits per heavy atom. The van der Waals surface area contributed by atoms with Crippen molar-refractivity contribution >= 4 is 45.4 Å². The molecule has 2 heterocycles. The lowest BCUT2D eigenvalue weighted by molar-refractivity contribution is -0.142. The molecule has 0 bridgehead atoms. The average molecular weight is 601 g/mol. The van der Waals surface area contributed by atoms with E-state index in [4.69, 9.17) is 18.3 Å². The summed E-state index contributed by atoms with van der Waals surface area (Å²) in [5.74, 6) is -10.0. The Hall–Kier alpha value is -5.78. The summed E-state index contributed by atoms with van der Waals surface area (Å²) in [7, 11) is 2.12. The van der Waals surface area contributed by atoms with E-state index in [2.05, 4.69) is 0 Å². The van der Waals surface area contributed by atoms with E-state index < -0.39 is 81.7 Å². The SMILES string of the molecule is COC(=O)C[C@H](C1=C(O)C(=O)C([C@H](CC(=O)OC)c2coc3ccccc3c2=O)=C(O)C1=O)c1coc2ccccc2c1=O. The molecule has 1 aliphatic rings. The van der Waals surface area contributed by atoms with Crippen LogP contribution in [0.5, 0.6) is 0 Å². The van der Waals surface area contributed by atoms with Crippen LogP contribution in [-0.4, -0.2) is 47.9 Å². The lowest BCUT2D eigenvalue weighted by Crippen LogP contribution is -2.33. The predicted molar refractivity (Wildman–Crippen MR) is 153 cm³/mol. The molecular formula is C32H24O12. The monoisotopic (exact) mass is 600 g/mol. The van der Waals surface area contributed by atoms with Gasteiger partial charge in [0.15, 0.2) is 22.4 Å². The van der Waals surface area contributed by atoms with Crippen LogP contribution in [0.15, 0.2) is 102 Å². The molecule has 0 fully saturated rings. The second-order valence-electron chi connectivity index (χ2n) is 9.88. The van der Waals surface area contributed by atoms with E-state index in [-0.39, 0.29) is 33.1 Å². The first kappa shape index (κ1) is 29.7. The lowest BCUT2D eigenvalue weighted by atomic mass is 9.76. The Balaban J connectivity index is 1.69. The highest BCUT2D eigenvalue weighted by Gasteiger charge is 2.44. The Morgan fingerprint density at radius 3 is 1.39 bits per heavy atom. The number of ketones is 2. The number of allylic oxidation sites excluding steroid dienone is 2. The van der Waals surface area contributed by atoms with E-state index >= 15 is 0 Å². The number of rotatable bonds is 8. The third-order valence-corrected chi connectivity index (χ3v) is 7.49. The fourth-order valence-electron chi connectivity index (χ4n) is 5.26. The Morgan fingerprint density at radius 1 is 0.659 bits per heavy atom. The van der Waals surface area contributed by atoms with Crippen molar-refractivity contribution in [2.24, 2.45) is 0 Å². The van der Waals surface area contributed by atoms with E-state index in [0.717, 1.165) is 26.7 Å². The molecule has 2 aromatic heterocycles. The quantitative estimate of drug-likeness (QED) is 0.221. The fourth-order valence-corrected chi connectivity index (χ4v) is 5.26. The molecule has 224 valence electrons. The number of para-hydroxylation sites is 2. The van der Waals surface area contributed by atoms with Crippen molar-refractivity contribution in [3.63, 3.8) is 0 Å². The number of benzene rings is 2. The van der Waals surface area contributed by atoms with Crippen LogP contribution >= 0.6 is 0 Å². The van der Waals surface area contributed by atoms with Gasteiger partial charge < -0.3 is 28.5 Å². The van der Waals surface area contributed by atoms with Crippen LogP contribution < -0.4 is 10.9 Å². The minimum Gasteiger partial charge on any atom is -0.504 e. The topological polar surface area (TPSA) is 188 Å². The van der Waals surface area contributed by atoms with Crippen LogP contribution in [0.25, 0.3) is 21.9 Å². The minimum absolute atomic E-state index is 0.0937.